The Bertz CT molecular complexity index is 474. The molecule has 2 N–H and O–H groups in total. The van der Waals surface area contributed by atoms with Gasteiger partial charge in [0.25, 0.3) is 5.56 Å². The Hall–Kier alpha value is -1.36. The Labute approximate surface area is 107 Å². The molecule has 0 aliphatic carbocycles. The van der Waals surface area contributed by atoms with Crippen LogP contribution in [0.2, 0.25) is 0 Å². The second-order valence-electron chi connectivity index (χ2n) is 5.14. The van der Waals surface area contributed by atoms with Crippen LogP contribution in [0.4, 0.5) is 5.95 Å². The van der Waals surface area contributed by atoms with Gasteiger partial charge >= 0.3 is 0 Å². The summed E-state index contributed by atoms with van der Waals surface area (Å²) in [7, 11) is 0. The van der Waals surface area contributed by atoms with Crippen molar-refractivity contribution in [2.24, 2.45) is 0 Å². The summed E-state index contributed by atoms with van der Waals surface area (Å²) in [6.45, 7) is 3.62. The zero-order valence-corrected chi connectivity index (χ0v) is 10.7. The van der Waals surface area contributed by atoms with Crippen molar-refractivity contribution in [3.8, 4) is 0 Å². The summed E-state index contributed by atoms with van der Waals surface area (Å²) in [6, 6.07) is 0. The fraction of sp³-hybridized carbons (Fsp3) is 0.692. The van der Waals surface area contributed by atoms with Gasteiger partial charge in [-0.2, -0.15) is 0 Å². The predicted octanol–water partition coefficient (Wildman–Crippen LogP) is 0.796. The van der Waals surface area contributed by atoms with Crippen molar-refractivity contribution in [3.05, 3.63) is 21.6 Å². The van der Waals surface area contributed by atoms with E-state index in [0.29, 0.717) is 0 Å². The first-order valence-corrected chi connectivity index (χ1v) is 6.92. The van der Waals surface area contributed by atoms with Gasteiger partial charge in [-0.1, -0.05) is 12.8 Å². The fourth-order valence-electron chi connectivity index (χ4n) is 2.79. The molecule has 0 atom stereocenters. The zero-order chi connectivity index (χ0) is 12.4. The SMILES string of the molecule is O=c1[nH]c(N2CCCCCC2)nc2c1CCNC2. The molecular formula is C13H20N4O. The van der Waals surface area contributed by atoms with Crippen LogP contribution in [-0.4, -0.2) is 29.6 Å². The molecule has 3 rings (SSSR count). The number of aromatic nitrogens is 2. The van der Waals surface area contributed by atoms with Crippen LogP contribution < -0.4 is 15.8 Å². The van der Waals surface area contributed by atoms with Crippen molar-refractivity contribution < 1.29 is 0 Å². The average molecular weight is 248 g/mol. The maximum absolute atomic E-state index is 12.1. The van der Waals surface area contributed by atoms with Crippen molar-refractivity contribution in [3.63, 3.8) is 0 Å². The highest BCUT2D eigenvalue weighted by Crippen LogP contribution is 2.16. The molecule has 1 aromatic rings. The first-order chi connectivity index (χ1) is 8.84. The first kappa shape index (κ1) is 11.7. The minimum Gasteiger partial charge on any atom is -0.342 e. The number of H-pyrrole nitrogens is 1. The van der Waals surface area contributed by atoms with Gasteiger partial charge in [-0.15, -0.1) is 0 Å². The quantitative estimate of drug-likeness (QED) is 0.771. The van der Waals surface area contributed by atoms with E-state index in [9.17, 15) is 4.79 Å². The van der Waals surface area contributed by atoms with Crippen molar-refractivity contribution in [1.82, 2.24) is 15.3 Å². The maximum atomic E-state index is 12.1. The highest BCUT2D eigenvalue weighted by atomic mass is 16.1. The molecule has 5 heteroatoms. The molecule has 0 spiro atoms. The smallest absolute Gasteiger partial charge is 0.255 e. The van der Waals surface area contributed by atoms with Gasteiger partial charge in [-0.05, 0) is 25.8 Å². The van der Waals surface area contributed by atoms with E-state index >= 15 is 0 Å². The molecule has 0 aromatic carbocycles. The molecule has 3 heterocycles. The molecule has 18 heavy (non-hydrogen) atoms. The molecule has 2 aliphatic heterocycles. The number of nitrogens with zero attached hydrogens (tertiary/aromatic N) is 2. The number of hydrogen-bond acceptors (Lipinski definition) is 4. The third-order valence-electron chi connectivity index (χ3n) is 3.84. The Morgan fingerprint density at radius 1 is 1.11 bits per heavy atom. The Morgan fingerprint density at radius 3 is 2.67 bits per heavy atom. The molecule has 0 bridgehead atoms. The second-order valence-corrected chi connectivity index (χ2v) is 5.14. The van der Waals surface area contributed by atoms with Gasteiger partial charge in [-0.3, -0.25) is 9.78 Å². The lowest BCUT2D eigenvalue weighted by Gasteiger charge is -2.23. The lowest BCUT2D eigenvalue weighted by molar-refractivity contribution is 0.614. The highest BCUT2D eigenvalue weighted by molar-refractivity contribution is 5.34. The lowest BCUT2D eigenvalue weighted by atomic mass is 10.1. The van der Waals surface area contributed by atoms with Crippen molar-refractivity contribution in [2.75, 3.05) is 24.5 Å². The summed E-state index contributed by atoms with van der Waals surface area (Å²) >= 11 is 0. The number of hydrogen-bond donors (Lipinski definition) is 2. The van der Waals surface area contributed by atoms with E-state index in [1.54, 1.807) is 0 Å². The molecule has 0 saturated carbocycles. The summed E-state index contributed by atoms with van der Waals surface area (Å²) in [4.78, 5) is 21.9. The van der Waals surface area contributed by atoms with E-state index in [4.69, 9.17) is 0 Å². The van der Waals surface area contributed by atoms with E-state index in [-0.39, 0.29) is 5.56 Å². The monoisotopic (exact) mass is 248 g/mol. The van der Waals surface area contributed by atoms with E-state index in [0.717, 1.165) is 49.8 Å². The summed E-state index contributed by atoms with van der Waals surface area (Å²) in [5.74, 6) is 0.768. The lowest BCUT2D eigenvalue weighted by Crippen LogP contribution is -2.34. The van der Waals surface area contributed by atoms with Crippen LogP contribution in [0.1, 0.15) is 36.9 Å². The molecule has 1 aromatic heterocycles. The minimum absolute atomic E-state index is 0.0562. The molecule has 2 aliphatic rings. The van der Waals surface area contributed by atoms with Crippen LogP contribution in [0, 0.1) is 0 Å². The van der Waals surface area contributed by atoms with Gasteiger partial charge in [0.05, 0.1) is 5.69 Å². The van der Waals surface area contributed by atoms with Crippen molar-refractivity contribution >= 4 is 5.95 Å². The fourth-order valence-corrected chi connectivity index (χ4v) is 2.79. The van der Waals surface area contributed by atoms with Gasteiger partial charge in [-0.25, -0.2) is 4.98 Å². The summed E-state index contributed by atoms with van der Waals surface area (Å²) in [5.41, 5.74) is 1.86. The maximum Gasteiger partial charge on any atom is 0.255 e. The van der Waals surface area contributed by atoms with Crippen LogP contribution >= 0.6 is 0 Å². The average Bonchev–Trinajstić information content (AvgIpc) is 2.67. The Balaban J connectivity index is 1.92. The first-order valence-electron chi connectivity index (χ1n) is 6.92. The normalized spacial score (nSPS) is 20.3. The third kappa shape index (κ3) is 2.27. The third-order valence-corrected chi connectivity index (χ3v) is 3.84. The van der Waals surface area contributed by atoms with Crippen LogP contribution in [-0.2, 0) is 13.0 Å². The van der Waals surface area contributed by atoms with E-state index in [2.05, 4.69) is 20.2 Å². The number of rotatable bonds is 1. The van der Waals surface area contributed by atoms with E-state index < -0.39 is 0 Å². The summed E-state index contributed by atoms with van der Waals surface area (Å²) < 4.78 is 0. The largest absolute Gasteiger partial charge is 0.342 e. The van der Waals surface area contributed by atoms with Gasteiger partial charge < -0.3 is 10.2 Å². The van der Waals surface area contributed by atoms with Gasteiger partial charge in [0, 0.05) is 25.2 Å². The number of fused-ring (bicyclic) bond motifs is 1. The van der Waals surface area contributed by atoms with Crippen molar-refractivity contribution in [1.29, 1.82) is 0 Å². The molecule has 0 amide bonds. The number of nitrogens with one attached hydrogen (secondary N) is 2. The predicted molar refractivity (Wildman–Crippen MR) is 70.9 cm³/mol. The van der Waals surface area contributed by atoms with Crippen LogP contribution in [0.25, 0.3) is 0 Å². The topological polar surface area (TPSA) is 61.0 Å². The van der Waals surface area contributed by atoms with Crippen LogP contribution in [0.5, 0.6) is 0 Å². The molecular weight excluding hydrogens is 228 g/mol. The van der Waals surface area contributed by atoms with Gasteiger partial charge in [0.15, 0.2) is 0 Å². The molecule has 0 radical (unpaired) electrons. The second kappa shape index (κ2) is 5.10. The molecule has 0 unspecified atom stereocenters. The Kier molecular flexibility index (Phi) is 3.32. The zero-order valence-electron chi connectivity index (χ0n) is 10.7. The molecule has 1 saturated heterocycles. The highest BCUT2D eigenvalue weighted by Gasteiger charge is 2.18. The van der Waals surface area contributed by atoms with Crippen LogP contribution in [0.15, 0.2) is 4.79 Å². The number of aromatic amines is 1. The van der Waals surface area contributed by atoms with E-state index in [1.807, 2.05) is 0 Å². The number of anilines is 1. The molecule has 5 nitrogen and oxygen atoms in total. The summed E-state index contributed by atoms with van der Waals surface area (Å²) in [5, 5.41) is 3.28. The minimum atomic E-state index is 0.0562. The van der Waals surface area contributed by atoms with Crippen molar-refractivity contribution in [2.45, 2.75) is 38.6 Å². The van der Waals surface area contributed by atoms with E-state index in [1.165, 1.54) is 25.7 Å². The molecule has 98 valence electrons. The molecule has 1 fully saturated rings. The van der Waals surface area contributed by atoms with Gasteiger partial charge in [0.1, 0.15) is 0 Å². The Morgan fingerprint density at radius 2 is 1.89 bits per heavy atom. The van der Waals surface area contributed by atoms with Gasteiger partial charge in [0.2, 0.25) is 5.95 Å². The standard InChI is InChI=1S/C13H20N4O/c18-12-10-5-6-14-9-11(10)15-13(16-12)17-7-3-1-2-4-8-17/h14H,1-9H2,(H,15,16,18). The summed E-state index contributed by atoms with van der Waals surface area (Å²) in [6.07, 6.45) is 5.75. The van der Waals surface area contributed by atoms with Crippen LogP contribution in [0.3, 0.4) is 0 Å².